The number of hydrogen-bond donors (Lipinski definition) is 1. The normalized spacial score (nSPS) is 19.1. The number of nitrogens with zero attached hydrogens (tertiary/aromatic N) is 2. The first kappa shape index (κ1) is 11.5. The van der Waals surface area contributed by atoms with Crippen molar-refractivity contribution in [3.05, 3.63) is 30.6 Å². The fraction of sp³-hybridized carbons (Fsp3) is 0.308. The predicted molar refractivity (Wildman–Crippen MR) is 66.4 cm³/mol. The first-order valence-corrected chi connectivity index (χ1v) is 6.30. The molecular weight excluding hydrogens is 268 g/mol. The summed E-state index contributed by atoms with van der Waals surface area (Å²) >= 11 is 0. The van der Waals surface area contributed by atoms with Crippen LogP contribution in [-0.2, 0) is 0 Å². The van der Waals surface area contributed by atoms with E-state index in [-0.39, 0.29) is 11.5 Å². The van der Waals surface area contributed by atoms with Crippen molar-refractivity contribution in [2.45, 2.75) is 25.2 Å². The predicted octanol–water partition coefficient (Wildman–Crippen LogP) is 3.28. The Hall–Kier alpha value is -2.31. The van der Waals surface area contributed by atoms with Crippen molar-refractivity contribution in [1.29, 1.82) is 0 Å². The Morgan fingerprint density at radius 1 is 1.25 bits per heavy atom. The Morgan fingerprint density at radius 2 is 2.05 bits per heavy atom. The van der Waals surface area contributed by atoms with Crippen LogP contribution >= 0.6 is 0 Å². The number of alkyl halides is 2. The van der Waals surface area contributed by atoms with E-state index in [0.29, 0.717) is 17.7 Å². The van der Waals surface area contributed by atoms with E-state index in [0.717, 1.165) is 12.8 Å². The molecule has 0 atom stereocenters. The maximum absolute atomic E-state index is 12.9. The van der Waals surface area contributed by atoms with Crippen LogP contribution in [0.1, 0.15) is 18.9 Å². The number of ether oxygens (including phenoxy) is 2. The molecule has 2 aliphatic rings. The van der Waals surface area contributed by atoms with Gasteiger partial charge < -0.3 is 19.4 Å². The van der Waals surface area contributed by atoms with Crippen LogP contribution in [0.15, 0.2) is 30.6 Å². The summed E-state index contributed by atoms with van der Waals surface area (Å²) in [5, 5.41) is 3.10. The molecule has 1 saturated carbocycles. The van der Waals surface area contributed by atoms with Crippen LogP contribution in [0.3, 0.4) is 0 Å². The van der Waals surface area contributed by atoms with Gasteiger partial charge in [0.25, 0.3) is 0 Å². The van der Waals surface area contributed by atoms with Crippen molar-refractivity contribution < 1.29 is 18.3 Å². The third kappa shape index (κ3) is 1.95. The first-order chi connectivity index (χ1) is 9.61. The molecule has 0 spiro atoms. The van der Waals surface area contributed by atoms with Crippen LogP contribution in [0, 0.1) is 0 Å². The molecule has 1 N–H and O–H groups in total. The summed E-state index contributed by atoms with van der Waals surface area (Å²) < 4.78 is 36.7. The highest BCUT2D eigenvalue weighted by atomic mass is 19.3. The number of rotatable bonds is 3. The van der Waals surface area contributed by atoms with E-state index < -0.39 is 6.29 Å². The molecule has 0 unspecified atom stereocenters. The van der Waals surface area contributed by atoms with Crippen molar-refractivity contribution in [3.63, 3.8) is 0 Å². The van der Waals surface area contributed by atoms with Gasteiger partial charge in [-0.2, -0.15) is 0 Å². The number of aromatic nitrogens is 2. The number of anilines is 2. The smallest absolute Gasteiger partial charge is 0.395 e. The molecule has 1 aromatic heterocycles. The molecule has 1 aliphatic heterocycles. The largest absolute Gasteiger partial charge is 0.586 e. The van der Waals surface area contributed by atoms with Gasteiger partial charge in [-0.25, -0.2) is 4.98 Å². The molecule has 1 aromatic carbocycles. The number of halogens is 2. The zero-order valence-electron chi connectivity index (χ0n) is 10.3. The molecule has 0 bridgehead atoms. The van der Waals surface area contributed by atoms with E-state index in [1.54, 1.807) is 12.3 Å². The van der Waals surface area contributed by atoms with E-state index >= 15 is 0 Å². The van der Waals surface area contributed by atoms with Crippen LogP contribution in [0.5, 0.6) is 11.5 Å². The molecule has 5 nitrogen and oxygen atoms in total. The van der Waals surface area contributed by atoms with E-state index in [1.807, 2.05) is 10.8 Å². The molecule has 4 rings (SSSR count). The molecule has 0 amide bonds. The fourth-order valence-corrected chi connectivity index (χ4v) is 2.21. The second kappa shape index (κ2) is 3.84. The summed E-state index contributed by atoms with van der Waals surface area (Å²) in [6.07, 6.45) is 2.30. The van der Waals surface area contributed by atoms with Gasteiger partial charge in [0.1, 0.15) is 0 Å². The average molecular weight is 279 g/mol. The van der Waals surface area contributed by atoms with E-state index in [1.165, 1.54) is 12.1 Å². The van der Waals surface area contributed by atoms with Crippen LogP contribution < -0.4 is 14.8 Å². The third-order valence-electron chi connectivity index (χ3n) is 3.27. The average Bonchev–Trinajstić information content (AvgIpc) is 3.04. The third-order valence-corrected chi connectivity index (χ3v) is 3.27. The lowest BCUT2D eigenvalue weighted by Gasteiger charge is -2.09. The zero-order valence-corrected chi connectivity index (χ0v) is 10.3. The van der Waals surface area contributed by atoms with Gasteiger partial charge in [-0.05, 0) is 25.0 Å². The highest BCUT2D eigenvalue weighted by Crippen LogP contribution is 2.43. The van der Waals surface area contributed by atoms with Gasteiger partial charge in [0.2, 0.25) is 5.95 Å². The number of nitrogens with one attached hydrogen (secondary N) is 1. The lowest BCUT2D eigenvalue weighted by molar-refractivity contribution is -0.286. The minimum absolute atomic E-state index is 0.0181. The highest BCUT2D eigenvalue weighted by Gasteiger charge is 2.43. The monoisotopic (exact) mass is 279 g/mol. The summed E-state index contributed by atoms with van der Waals surface area (Å²) in [4.78, 5) is 4.23. The Bertz CT molecular complexity index is 667. The number of fused-ring (bicyclic) bond motifs is 1. The molecule has 1 fully saturated rings. The summed E-state index contributed by atoms with van der Waals surface area (Å²) in [7, 11) is 0. The second-order valence-corrected chi connectivity index (χ2v) is 4.84. The number of hydrogen-bond acceptors (Lipinski definition) is 4. The zero-order chi connectivity index (χ0) is 13.7. The van der Waals surface area contributed by atoms with Gasteiger partial charge >= 0.3 is 6.29 Å². The standard InChI is InChI=1S/C13H11F2N3O2/c14-13(15)19-10-4-1-8(7-11(10)20-13)17-12-16-5-6-18(12)9-2-3-9/h1,4-7,9H,2-3H2,(H,16,17). The Labute approximate surface area is 113 Å². The van der Waals surface area contributed by atoms with Crippen molar-refractivity contribution in [1.82, 2.24) is 9.55 Å². The van der Waals surface area contributed by atoms with Crippen molar-refractivity contribution in [2.75, 3.05) is 5.32 Å². The lowest BCUT2D eigenvalue weighted by atomic mass is 10.3. The Balaban J connectivity index is 1.60. The van der Waals surface area contributed by atoms with E-state index in [9.17, 15) is 8.78 Å². The minimum Gasteiger partial charge on any atom is -0.395 e. The maximum Gasteiger partial charge on any atom is 0.586 e. The Morgan fingerprint density at radius 3 is 2.85 bits per heavy atom. The molecule has 0 radical (unpaired) electrons. The van der Waals surface area contributed by atoms with Gasteiger partial charge in [0.15, 0.2) is 11.5 Å². The van der Waals surface area contributed by atoms with E-state index in [2.05, 4.69) is 19.8 Å². The van der Waals surface area contributed by atoms with E-state index in [4.69, 9.17) is 0 Å². The molecule has 7 heteroatoms. The molecule has 1 aliphatic carbocycles. The SMILES string of the molecule is FC1(F)Oc2ccc(Nc3nccn3C3CC3)cc2O1. The summed E-state index contributed by atoms with van der Waals surface area (Å²) in [5.74, 6) is 0.744. The van der Waals surface area contributed by atoms with Gasteiger partial charge in [0.05, 0.1) is 0 Å². The molecule has 20 heavy (non-hydrogen) atoms. The maximum atomic E-state index is 12.9. The van der Waals surface area contributed by atoms with Crippen LogP contribution in [0.25, 0.3) is 0 Å². The van der Waals surface area contributed by atoms with Crippen molar-refractivity contribution in [3.8, 4) is 11.5 Å². The van der Waals surface area contributed by atoms with Gasteiger partial charge in [-0.15, -0.1) is 8.78 Å². The number of benzene rings is 1. The molecule has 104 valence electrons. The van der Waals surface area contributed by atoms with Crippen LogP contribution in [0.4, 0.5) is 20.4 Å². The first-order valence-electron chi connectivity index (χ1n) is 6.30. The summed E-state index contributed by atoms with van der Waals surface area (Å²) in [5.41, 5.74) is 0.623. The quantitative estimate of drug-likeness (QED) is 0.936. The lowest BCUT2D eigenvalue weighted by Crippen LogP contribution is -2.25. The molecule has 2 heterocycles. The molecular formula is C13H11F2N3O2. The molecule has 0 saturated heterocycles. The van der Waals surface area contributed by atoms with Crippen LogP contribution in [-0.4, -0.2) is 15.8 Å². The minimum atomic E-state index is -3.59. The molecule has 2 aromatic rings. The summed E-state index contributed by atoms with van der Waals surface area (Å²) in [6, 6.07) is 5.05. The van der Waals surface area contributed by atoms with Gasteiger partial charge in [-0.3, -0.25) is 0 Å². The highest BCUT2D eigenvalue weighted by molar-refractivity contribution is 5.60. The summed E-state index contributed by atoms with van der Waals surface area (Å²) in [6.45, 7) is 0. The van der Waals surface area contributed by atoms with Gasteiger partial charge in [-0.1, -0.05) is 0 Å². The second-order valence-electron chi connectivity index (χ2n) is 4.84. The van der Waals surface area contributed by atoms with Gasteiger partial charge in [0, 0.05) is 30.2 Å². The Kier molecular flexibility index (Phi) is 2.21. The topological polar surface area (TPSA) is 48.3 Å². The fourth-order valence-electron chi connectivity index (χ4n) is 2.21. The van der Waals surface area contributed by atoms with Crippen LogP contribution in [0.2, 0.25) is 0 Å². The van der Waals surface area contributed by atoms with Crippen molar-refractivity contribution >= 4 is 11.6 Å². The van der Waals surface area contributed by atoms with Crippen molar-refractivity contribution in [2.24, 2.45) is 0 Å². The number of imidazole rings is 1.